The van der Waals surface area contributed by atoms with Gasteiger partial charge < -0.3 is 0 Å². The number of rotatable bonds is 2. The van der Waals surface area contributed by atoms with E-state index in [4.69, 9.17) is 11.6 Å². The fourth-order valence-electron chi connectivity index (χ4n) is 1.76. The van der Waals surface area contributed by atoms with Gasteiger partial charge in [0.15, 0.2) is 5.78 Å². The highest BCUT2D eigenvalue weighted by molar-refractivity contribution is 6.33. The van der Waals surface area contributed by atoms with E-state index >= 15 is 0 Å². The van der Waals surface area contributed by atoms with Crippen LogP contribution in [0.25, 0.3) is 11.1 Å². The maximum Gasteiger partial charge on any atom is 0.159 e. The topological polar surface area (TPSA) is 17.1 Å². The lowest BCUT2D eigenvalue weighted by Crippen LogP contribution is -1.92. The zero-order chi connectivity index (χ0) is 13.3. The van der Waals surface area contributed by atoms with Crippen LogP contribution in [0.1, 0.15) is 22.8 Å². The summed E-state index contributed by atoms with van der Waals surface area (Å²) in [5.74, 6) is -0.299. The average Bonchev–Trinajstić information content (AvgIpc) is 2.34. The highest BCUT2D eigenvalue weighted by atomic mass is 35.5. The summed E-state index contributed by atoms with van der Waals surface area (Å²) < 4.78 is 13.3. The van der Waals surface area contributed by atoms with Crippen LogP contribution in [0, 0.1) is 12.7 Å². The van der Waals surface area contributed by atoms with E-state index in [2.05, 4.69) is 0 Å². The molecule has 0 aliphatic carbocycles. The second-order valence-electron chi connectivity index (χ2n) is 4.21. The van der Waals surface area contributed by atoms with Gasteiger partial charge >= 0.3 is 0 Å². The van der Waals surface area contributed by atoms with Crippen LogP contribution in [0.5, 0.6) is 0 Å². The largest absolute Gasteiger partial charge is 0.295 e. The van der Waals surface area contributed by atoms with Crippen molar-refractivity contribution in [3.05, 3.63) is 58.4 Å². The van der Waals surface area contributed by atoms with Crippen molar-refractivity contribution in [3.63, 3.8) is 0 Å². The summed E-state index contributed by atoms with van der Waals surface area (Å²) >= 11 is 6.03. The molecule has 0 aliphatic rings. The van der Waals surface area contributed by atoms with E-state index in [9.17, 15) is 9.18 Å². The molecule has 0 fully saturated rings. The van der Waals surface area contributed by atoms with Crippen LogP contribution >= 0.6 is 11.6 Å². The van der Waals surface area contributed by atoms with E-state index in [0.717, 1.165) is 11.1 Å². The molecular weight excluding hydrogens is 251 g/mol. The van der Waals surface area contributed by atoms with Gasteiger partial charge in [0.25, 0.3) is 0 Å². The van der Waals surface area contributed by atoms with Crippen LogP contribution in [0.2, 0.25) is 5.02 Å². The molecule has 0 aliphatic heterocycles. The van der Waals surface area contributed by atoms with Gasteiger partial charge in [-0.3, -0.25) is 4.79 Å². The normalized spacial score (nSPS) is 10.4. The zero-order valence-corrected chi connectivity index (χ0v) is 10.9. The van der Waals surface area contributed by atoms with E-state index < -0.39 is 0 Å². The number of hydrogen-bond donors (Lipinski definition) is 0. The molecule has 0 amide bonds. The van der Waals surface area contributed by atoms with Crippen LogP contribution < -0.4 is 0 Å². The molecule has 18 heavy (non-hydrogen) atoms. The molecule has 0 aromatic heterocycles. The number of carbonyl (C=O) groups excluding carboxylic acids is 1. The average molecular weight is 263 g/mol. The number of hydrogen-bond acceptors (Lipinski definition) is 1. The lowest BCUT2D eigenvalue weighted by Gasteiger charge is -2.07. The summed E-state index contributed by atoms with van der Waals surface area (Å²) in [6.07, 6.45) is 0. The standard InChI is InChI=1S/C15H12ClFO/c1-9-7-13(14(16)8-15(9)17)12-5-3-11(4-6-12)10(2)18/h3-8H,1-2H3. The van der Waals surface area contributed by atoms with E-state index in [1.165, 1.54) is 13.0 Å². The van der Waals surface area contributed by atoms with Crippen molar-refractivity contribution in [2.24, 2.45) is 0 Å². The monoisotopic (exact) mass is 262 g/mol. The second kappa shape index (κ2) is 4.91. The Kier molecular flexibility index (Phi) is 3.48. The summed E-state index contributed by atoms with van der Waals surface area (Å²) in [7, 11) is 0. The summed E-state index contributed by atoms with van der Waals surface area (Å²) in [6, 6.07) is 10.1. The fourth-order valence-corrected chi connectivity index (χ4v) is 2.02. The van der Waals surface area contributed by atoms with Crippen molar-refractivity contribution in [2.45, 2.75) is 13.8 Å². The van der Waals surface area contributed by atoms with Crippen LogP contribution in [0.3, 0.4) is 0 Å². The molecule has 0 N–H and O–H groups in total. The highest BCUT2D eigenvalue weighted by Crippen LogP contribution is 2.30. The van der Waals surface area contributed by atoms with Crippen molar-refractivity contribution in [2.75, 3.05) is 0 Å². The SMILES string of the molecule is CC(=O)c1ccc(-c2cc(C)c(F)cc2Cl)cc1. The number of ketones is 1. The Morgan fingerprint density at radius 2 is 1.78 bits per heavy atom. The first-order valence-corrected chi connectivity index (χ1v) is 5.94. The van der Waals surface area contributed by atoms with Gasteiger partial charge in [-0.1, -0.05) is 35.9 Å². The van der Waals surface area contributed by atoms with Gasteiger partial charge in [0.1, 0.15) is 5.82 Å². The Morgan fingerprint density at radius 1 is 1.17 bits per heavy atom. The first-order chi connectivity index (χ1) is 8.49. The third-order valence-corrected chi connectivity index (χ3v) is 3.16. The molecule has 0 atom stereocenters. The number of aryl methyl sites for hydroxylation is 1. The smallest absolute Gasteiger partial charge is 0.159 e. The van der Waals surface area contributed by atoms with Crippen LogP contribution in [-0.4, -0.2) is 5.78 Å². The Labute approximate surface area is 110 Å². The molecule has 1 nitrogen and oxygen atoms in total. The van der Waals surface area contributed by atoms with Gasteiger partial charge in [-0.05, 0) is 37.1 Å². The van der Waals surface area contributed by atoms with Crippen molar-refractivity contribution in [3.8, 4) is 11.1 Å². The maximum atomic E-state index is 13.3. The van der Waals surface area contributed by atoms with Gasteiger partial charge in [-0.15, -0.1) is 0 Å². The lowest BCUT2D eigenvalue weighted by molar-refractivity contribution is 0.101. The molecule has 2 aromatic rings. The Morgan fingerprint density at radius 3 is 2.33 bits per heavy atom. The van der Waals surface area contributed by atoms with E-state index in [0.29, 0.717) is 16.1 Å². The number of Topliss-reactive ketones (excluding diaryl/α,β-unsaturated/α-hetero) is 1. The quantitative estimate of drug-likeness (QED) is 0.720. The predicted molar refractivity (Wildman–Crippen MR) is 71.6 cm³/mol. The van der Waals surface area contributed by atoms with Gasteiger partial charge in [0.05, 0.1) is 5.02 Å². The molecule has 0 saturated carbocycles. The van der Waals surface area contributed by atoms with E-state index in [1.807, 2.05) is 12.1 Å². The van der Waals surface area contributed by atoms with Crippen LogP contribution in [0.15, 0.2) is 36.4 Å². The number of halogens is 2. The van der Waals surface area contributed by atoms with E-state index in [1.54, 1.807) is 25.1 Å². The minimum atomic E-state index is -0.316. The molecule has 2 rings (SSSR count). The van der Waals surface area contributed by atoms with E-state index in [-0.39, 0.29) is 11.6 Å². The van der Waals surface area contributed by atoms with Crippen molar-refractivity contribution in [1.29, 1.82) is 0 Å². The molecule has 0 saturated heterocycles. The molecule has 0 unspecified atom stereocenters. The molecule has 0 radical (unpaired) electrons. The molecule has 0 spiro atoms. The molecule has 0 heterocycles. The summed E-state index contributed by atoms with van der Waals surface area (Å²) in [5, 5.41) is 0.369. The van der Waals surface area contributed by atoms with Crippen LogP contribution in [-0.2, 0) is 0 Å². The number of benzene rings is 2. The zero-order valence-electron chi connectivity index (χ0n) is 10.1. The second-order valence-corrected chi connectivity index (χ2v) is 4.62. The van der Waals surface area contributed by atoms with Crippen LogP contribution in [0.4, 0.5) is 4.39 Å². The third-order valence-electron chi connectivity index (χ3n) is 2.85. The molecule has 3 heteroatoms. The summed E-state index contributed by atoms with van der Waals surface area (Å²) in [6.45, 7) is 3.21. The molecular formula is C15H12ClFO. The molecule has 2 aromatic carbocycles. The Hall–Kier alpha value is -1.67. The van der Waals surface area contributed by atoms with Gasteiger partial charge in [-0.25, -0.2) is 4.39 Å². The number of carbonyl (C=O) groups is 1. The minimum Gasteiger partial charge on any atom is -0.295 e. The third kappa shape index (κ3) is 2.44. The van der Waals surface area contributed by atoms with Gasteiger partial charge in [-0.2, -0.15) is 0 Å². The lowest BCUT2D eigenvalue weighted by atomic mass is 10.0. The first kappa shape index (κ1) is 12.8. The molecule has 92 valence electrons. The summed E-state index contributed by atoms with van der Waals surface area (Å²) in [4.78, 5) is 11.2. The predicted octanol–water partition coefficient (Wildman–Crippen LogP) is 4.66. The maximum absolute atomic E-state index is 13.3. The Bertz CT molecular complexity index is 603. The fraction of sp³-hybridized carbons (Fsp3) is 0.133. The van der Waals surface area contributed by atoms with Crippen molar-refractivity contribution < 1.29 is 9.18 Å². The highest BCUT2D eigenvalue weighted by Gasteiger charge is 2.08. The first-order valence-electron chi connectivity index (χ1n) is 5.56. The van der Waals surface area contributed by atoms with Crippen molar-refractivity contribution >= 4 is 17.4 Å². The molecule has 0 bridgehead atoms. The van der Waals surface area contributed by atoms with Crippen molar-refractivity contribution in [1.82, 2.24) is 0 Å². The summed E-state index contributed by atoms with van der Waals surface area (Å²) in [5.41, 5.74) is 2.83. The minimum absolute atomic E-state index is 0.0166. The Balaban J connectivity index is 2.49. The van der Waals surface area contributed by atoms with Gasteiger partial charge in [0, 0.05) is 11.1 Å². The van der Waals surface area contributed by atoms with Gasteiger partial charge in [0.2, 0.25) is 0 Å².